The Balaban J connectivity index is 2.77. The molecule has 0 saturated carbocycles. The Bertz CT molecular complexity index is 481. The van der Waals surface area contributed by atoms with Crippen LogP contribution >= 0.6 is 0 Å². The maximum atomic E-state index is 12.7. The summed E-state index contributed by atoms with van der Waals surface area (Å²) in [7, 11) is -3.73. The lowest BCUT2D eigenvalue weighted by Crippen LogP contribution is -2.18. The molecule has 0 atom stereocenters. The van der Waals surface area contributed by atoms with Crippen molar-refractivity contribution in [2.75, 3.05) is 0 Å². The summed E-state index contributed by atoms with van der Waals surface area (Å²) >= 11 is 0. The molecule has 0 unspecified atom stereocenters. The molecule has 1 aromatic rings. The first-order valence-electron chi connectivity index (χ1n) is 3.39. The fourth-order valence-electron chi connectivity index (χ4n) is 1.01. The van der Waals surface area contributed by atoms with Gasteiger partial charge in [-0.2, -0.15) is 8.42 Å². The fourth-order valence-corrected chi connectivity index (χ4v) is 1.94. The summed E-state index contributed by atoms with van der Waals surface area (Å²) in [6, 6.07) is 3.36. The van der Waals surface area contributed by atoms with Crippen LogP contribution in [0.3, 0.4) is 0 Å². The summed E-state index contributed by atoms with van der Waals surface area (Å²) in [6.45, 7) is 0. The van der Waals surface area contributed by atoms with Crippen LogP contribution < -0.4 is 4.72 Å². The van der Waals surface area contributed by atoms with Gasteiger partial charge in [0.15, 0.2) is 0 Å². The lowest BCUT2D eigenvalue weighted by atomic mass is 10.3. The monoisotopic (exact) mass is 199 g/mol. The molecule has 67 valence electrons. The van der Waals surface area contributed by atoms with E-state index in [-0.39, 0.29) is 10.6 Å². The average molecular weight is 199 g/mol. The standard InChI is InChI=1S/C7H4FN2O2S/c8-5-1-2-6-7(3-5)13(11,12)10-4-9-6/h1-4H. The van der Waals surface area contributed by atoms with Crippen molar-refractivity contribution in [2.45, 2.75) is 4.90 Å². The highest BCUT2D eigenvalue weighted by Crippen LogP contribution is 2.27. The number of sulfonamides is 1. The first kappa shape index (κ1) is 8.18. The van der Waals surface area contributed by atoms with Gasteiger partial charge in [0.1, 0.15) is 17.1 Å². The summed E-state index contributed by atoms with van der Waals surface area (Å²) in [6.07, 6.45) is 0.940. The van der Waals surface area contributed by atoms with E-state index in [1.165, 1.54) is 6.07 Å². The minimum Gasteiger partial charge on any atom is -0.235 e. The molecule has 1 aromatic carbocycles. The molecule has 1 radical (unpaired) electrons. The van der Waals surface area contributed by atoms with E-state index in [0.29, 0.717) is 0 Å². The Morgan fingerprint density at radius 2 is 2.08 bits per heavy atom. The second-order valence-corrected chi connectivity index (χ2v) is 4.04. The molecule has 0 fully saturated rings. The SMILES string of the molecule is O=S1(=O)[N]C=Nc2ccc(F)cc21. The number of hydrogen-bond donors (Lipinski definition) is 0. The topological polar surface area (TPSA) is 60.6 Å². The molecule has 0 bridgehead atoms. The number of rotatable bonds is 0. The van der Waals surface area contributed by atoms with Crippen molar-refractivity contribution < 1.29 is 12.8 Å². The van der Waals surface area contributed by atoms with Gasteiger partial charge in [-0.25, -0.2) is 9.38 Å². The van der Waals surface area contributed by atoms with Crippen molar-refractivity contribution in [2.24, 2.45) is 4.99 Å². The number of halogens is 1. The van der Waals surface area contributed by atoms with E-state index in [1.54, 1.807) is 0 Å². The molecule has 1 heterocycles. The maximum absolute atomic E-state index is 12.7. The summed E-state index contributed by atoms with van der Waals surface area (Å²) in [4.78, 5) is 3.51. The molecule has 1 aliphatic rings. The van der Waals surface area contributed by atoms with E-state index in [9.17, 15) is 12.8 Å². The zero-order chi connectivity index (χ0) is 9.47. The zero-order valence-corrected chi connectivity index (χ0v) is 7.12. The van der Waals surface area contributed by atoms with Gasteiger partial charge in [0.25, 0.3) is 10.0 Å². The van der Waals surface area contributed by atoms with Gasteiger partial charge in [0.2, 0.25) is 0 Å². The fraction of sp³-hybridized carbons (Fsp3) is 0. The molecule has 13 heavy (non-hydrogen) atoms. The molecular formula is C7H4FN2O2S. The molecule has 6 heteroatoms. The first-order chi connectivity index (χ1) is 6.09. The van der Waals surface area contributed by atoms with E-state index in [1.807, 2.05) is 0 Å². The van der Waals surface area contributed by atoms with Crippen molar-refractivity contribution in [3.05, 3.63) is 24.0 Å². The van der Waals surface area contributed by atoms with Gasteiger partial charge in [0.05, 0.1) is 5.69 Å². The van der Waals surface area contributed by atoms with Gasteiger partial charge >= 0.3 is 0 Å². The van der Waals surface area contributed by atoms with Crippen molar-refractivity contribution in [1.29, 1.82) is 0 Å². The molecule has 0 amide bonds. The third kappa shape index (κ3) is 1.29. The summed E-state index contributed by atoms with van der Waals surface area (Å²) in [5.74, 6) is -0.616. The van der Waals surface area contributed by atoms with Crippen molar-refractivity contribution >= 4 is 22.0 Å². The Morgan fingerprint density at radius 1 is 1.31 bits per heavy atom. The predicted molar refractivity (Wildman–Crippen MR) is 43.9 cm³/mol. The summed E-state index contributed by atoms with van der Waals surface area (Å²) in [5.41, 5.74) is 0.219. The molecule has 0 spiro atoms. The second kappa shape index (κ2) is 2.53. The highest BCUT2D eigenvalue weighted by Gasteiger charge is 2.22. The van der Waals surface area contributed by atoms with E-state index in [2.05, 4.69) is 9.71 Å². The normalized spacial score (nSPS) is 17.6. The number of aliphatic imine (C=N–C) groups is 1. The average Bonchev–Trinajstić information content (AvgIpc) is 2.06. The third-order valence-corrected chi connectivity index (χ3v) is 2.84. The quantitative estimate of drug-likeness (QED) is 0.620. The molecular weight excluding hydrogens is 195 g/mol. The minimum atomic E-state index is -3.73. The van der Waals surface area contributed by atoms with Gasteiger partial charge in [-0.15, -0.1) is 4.72 Å². The summed E-state index contributed by atoms with van der Waals surface area (Å²) in [5, 5.41) is 0. The molecule has 4 nitrogen and oxygen atoms in total. The van der Waals surface area contributed by atoms with E-state index in [0.717, 1.165) is 18.5 Å². The summed E-state index contributed by atoms with van der Waals surface area (Å²) < 4.78 is 38.2. The lowest BCUT2D eigenvalue weighted by molar-refractivity contribution is 0.586. The van der Waals surface area contributed by atoms with Gasteiger partial charge < -0.3 is 0 Å². The molecule has 1 aliphatic heterocycles. The predicted octanol–water partition coefficient (Wildman–Crippen LogP) is 0.792. The maximum Gasteiger partial charge on any atom is 0.286 e. The highest BCUT2D eigenvalue weighted by molar-refractivity contribution is 7.90. The molecule has 0 saturated heterocycles. The lowest BCUT2D eigenvalue weighted by Gasteiger charge is -2.08. The van der Waals surface area contributed by atoms with Gasteiger partial charge in [-0.05, 0) is 18.2 Å². The van der Waals surface area contributed by atoms with Gasteiger partial charge in [-0.3, -0.25) is 0 Å². The van der Waals surface area contributed by atoms with Crippen LogP contribution in [0.1, 0.15) is 0 Å². The van der Waals surface area contributed by atoms with Gasteiger partial charge in [0, 0.05) is 0 Å². The Hall–Kier alpha value is -1.43. The van der Waals surface area contributed by atoms with Crippen LogP contribution in [0.15, 0.2) is 28.1 Å². The second-order valence-electron chi connectivity index (χ2n) is 2.44. The molecule has 0 aliphatic carbocycles. The van der Waals surface area contributed by atoms with Crippen molar-refractivity contribution in [3.8, 4) is 0 Å². The van der Waals surface area contributed by atoms with Crippen LogP contribution in [0.5, 0.6) is 0 Å². The van der Waals surface area contributed by atoms with Crippen LogP contribution in [-0.4, -0.2) is 14.8 Å². The molecule has 2 rings (SSSR count). The first-order valence-corrected chi connectivity index (χ1v) is 4.83. The number of nitrogens with zero attached hydrogens (tertiary/aromatic N) is 2. The van der Waals surface area contributed by atoms with Crippen LogP contribution in [0, 0.1) is 5.82 Å². The Labute approximate surface area is 74.2 Å². The van der Waals surface area contributed by atoms with Crippen LogP contribution in [0.25, 0.3) is 0 Å². The van der Waals surface area contributed by atoms with Crippen molar-refractivity contribution in [1.82, 2.24) is 4.72 Å². The zero-order valence-electron chi connectivity index (χ0n) is 6.31. The number of benzene rings is 1. The Morgan fingerprint density at radius 3 is 2.85 bits per heavy atom. The molecule has 0 aromatic heterocycles. The smallest absolute Gasteiger partial charge is 0.235 e. The largest absolute Gasteiger partial charge is 0.286 e. The minimum absolute atomic E-state index is 0.185. The van der Waals surface area contributed by atoms with E-state index < -0.39 is 15.8 Å². The number of hydrogen-bond acceptors (Lipinski definition) is 3. The van der Waals surface area contributed by atoms with Crippen LogP contribution in [0.4, 0.5) is 10.1 Å². The Kier molecular flexibility index (Phi) is 1.59. The third-order valence-electron chi connectivity index (χ3n) is 1.58. The van der Waals surface area contributed by atoms with Crippen LogP contribution in [0.2, 0.25) is 0 Å². The highest BCUT2D eigenvalue weighted by atomic mass is 32.2. The van der Waals surface area contributed by atoms with E-state index in [4.69, 9.17) is 0 Å². The van der Waals surface area contributed by atoms with Gasteiger partial charge in [-0.1, -0.05) is 0 Å². The molecule has 0 N–H and O–H groups in total. The van der Waals surface area contributed by atoms with Crippen LogP contribution in [-0.2, 0) is 10.0 Å². The van der Waals surface area contributed by atoms with E-state index >= 15 is 0 Å². The van der Waals surface area contributed by atoms with Crippen molar-refractivity contribution in [3.63, 3.8) is 0 Å². The number of fused-ring (bicyclic) bond motifs is 1.